The van der Waals surface area contributed by atoms with Crippen LogP contribution in [0.2, 0.25) is 0 Å². The summed E-state index contributed by atoms with van der Waals surface area (Å²) in [7, 11) is 1.45. The van der Waals surface area contributed by atoms with Crippen molar-refractivity contribution in [3.63, 3.8) is 0 Å². The summed E-state index contributed by atoms with van der Waals surface area (Å²) in [6.45, 7) is 0. The fraction of sp³-hybridized carbons (Fsp3) is 0.250. The summed E-state index contributed by atoms with van der Waals surface area (Å²) in [5.74, 6) is 0. The molecule has 0 aliphatic carbocycles. The first-order chi connectivity index (χ1) is 4.20. The number of hydrogen-bond acceptors (Lipinski definition) is 3. The Bertz CT molecular complexity index is 310. The van der Waals surface area contributed by atoms with E-state index in [1.165, 1.54) is 7.05 Å². The van der Waals surface area contributed by atoms with Crippen LogP contribution in [0.3, 0.4) is 0 Å². The van der Waals surface area contributed by atoms with E-state index >= 15 is 0 Å². The van der Waals surface area contributed by atoms with Crippen LogP contribution < -0.4 is 11.2 Å². The molecule has 5 nitrogen and oxygen atoms in total. The predicted octanol–water partition coefficient (Wildman–Crippen LogP) is -1.53. The van der Waals surface area contributed by atoms with Gasteiger partial charge in [0.05, 0.1) is 6.20 Å². The van der Waals surface area contributed by atoms with Crippen molar-refractivity contribution in [3.8, 4) is 0 Å². The highest BCUT2D eigenvalue weighted by Crippen LogP contribution is 1.50. The van der Waals surface area contributed by atoms with Gasteiger partial charge in [0.2, 0.25) is 0 Å². The zero-order chi connectivity index (χ0) is 6.85. The van der Waals surface area contributed by atoms with Crippen molar-refractivity contribution in [1.82, 2.24) is 14.8 Å². The van der Waals surface area contributed by atoms with E-state index in [0.29, 0.717) is 0 Å². The van der Waals surface area contributed by atoms with Gasteiger partial charge in [-0.2, -0.15) is 4.98 Å². The molecule has 0 saturated carbocycles. The summed E-state index contributed by atoms with van der Waals surface area (Å²) >= 11 is 0. The minimum absolute atomic E-state index is 0.324. The van der Waals surface area contributed by atoms with Gasteiger partial charge in [-0.1, -0.05) is 0 Å². The highest BCUT2D eigenvalue weighted by molar-refractivity contribution is 4.68. The maximum Gasteiger partial charge on any atom is 0.359 e. The highest BCUT2D eigenvalue weighted by atomic mass is 16.2. The summed E-state index contributed by atoms with van der Waals surface area (Å²) in [6.07, 6.45) is 0.971. The smallest absolute Gasteiger partial charge is 0.266 e. The molecule has 1 N–H and O–H groups in total. The fourth-order valence-corrected chi connectivity index (χ4v) is 0.428. The Morgan fingerprint density at radius 2 is 2.33 bits per heavy atom. The number of aryl methyl sites for hydroxylation is 1. The van der Waals surface area contributed by atoms with Crippen molar-refractivity contribution in [2.24, 2.45) is 7.05 Å². The summed E-state index contributed by atoms with van der Waals surface area (Å²) < 4.78 is 1.06. The highest BCUT2D eigenvalue weighted by Gasteiger charge is 1.86. The van der Waals surface area contributed by atoms with E-state index in [2.05, 4.69) is 10.1 Å². The lowest BCUT2D eigenvalue weighted by Gasteiger charge is -1.89. The maximum atomic E-state index is 10.5. The monoisotopic (exact) mass is 127 g/mol. The molecule has 1 rings (SSSR count). The number of rotatable bonds is 0. The Kier molecular flexibility index (Phi) is 1.18. The van der Waals surface area contributed by atoms with Crippen LogP contribution in [0.4, 0.5) is 0 Å². The lowest BCUT2D eigenvalue weighted by atomic mass is 10.8. The summed E-state index contributed by atoms with van der Waals surface area (Å²) in [5.41, 5.74) is -0.841. The number of H-pyrrole nitrogens is 1. The molecule has 1 aromatic rings. The molecule has 9 heavy (non-hydrogen) atoms. The lowest BCUT2D eigenvalue weighted by molar-refractivity contribution is 0.667. The van der Waals surface area contributed by atoms with Gasteiger partial charge < -0.3 is 0 Å². The number of aromatic nitrogens is 3. The summed E-state index contributed by atoms with van der Waals surface area (Å²) in [6, 6.07) is 0. The van der Waals surface area contributed by atoms with Gasteiger partial charge in [0, 0.05) is 7.05 Å². The van der Waals surface area contributed by atoms with Gasteiger partial charge in [-0.15, -0.1) is 0 Å². The van der Waals surface area contributed by atoms with Crippen LogP contribution in [-0.2, 0) is 7.05 Å². The van der Waals surface area contributed by atoms with Gasteiger partial charge in [0.15, 0.2) is 0 Å². The quantitative estimate of drug-likeness (QED) is 0.459. The average Bonchev–Trinajstić information content (AvgIpc) is 1.80. The first-order valence-electron chi connectivity index (χ1n) is 2.32. The topological polar surface area (TPSA) is 67.8 Å². The van der Waals surface area contributed by atoms with Crippen molar-refractivity contribution in [2.45, 2.75) is 0 Å². The standard InChI is InChI=1S/C4H5N3O2/c1-7-3(8)2-5-4(9)6-7/h2H,1H3,(H,6,9). The second-order valence-electron chi connectivity index (χ2n) is 1.57. The molecule has 0 aliphatic heterocycles. The van der Waals surface area contributed by atoms with Gasteiger partial charge >= 0.3 is 5.69 Å². The molecule has 0 unspecified atom stereocenters. The number of hydrogen-bond donors (Lipinski definition) is 1. The molecule has 48 valence electrons. The summed E-state index contributed by atoms with van der Waals surface area (Å²) in [4.78, 5) is 24.0. The largest absolute Gasteiger partial charge is 0.359 e. The van der Waals surface area contributed by atoms with Gasteiger partial charge in [-0.05, 0) is 0 Å². The van der Waals surface area contributed by atoms with Crippen LogP contribution in [0, 0.1) is 0 Å². The Hall–Kier alpha value is -1.39. The van der Waals surface area contributed by atoms with Gasteiger partial charge in [0.1, 0.15) is 0 Å². The second kappa shape index (κ2) is 1.85. The van der Waals surface area contributed by atoms with Gasteiger partial charge in [0.25, 0.3) is 5.56 Å². The number of aromatic amines is 1. The van der Waals surface area contributed by atoms with Crippen LogP contribution in [0.15, 0.2) is 15.8 Å². The Balaban J connectivity index is 3.52. The fourth-order valence-electron chi connectivity index (χ4n) is 0.428. The van der Waals surface area contributed by atoms with E-state index in [9.17, 15) is 9.59 Å². The Morgan fingerprint density at radius 1 is 1.67 bits per heavy atom. The van der Waals surface area contributed by atoms with Crippen molar-refractivity contribution in [3.05, 3.63) is 27.0 Å². The first-order valence-corrected chi connectivity index (χ1v) is 2.32. The number of nitrogens with zero attached hydrogens (tertiary/aromatic N) is 2. The minimum Gasteiger partial charge on any atom is -0.266 e. The van der Waals surface area contributed by atoms with Crippen LogP contribution >= 0.6 is 0 Å². The normalized spacial score (nSPS) is 9.44. The second-order valence-corrected chi connectivity index (χ2v) is 1.57. The predicted molar refractivity (Wildman–Crippen MR) is 30.1 cm³/mol. The molecule has 5 heteroatoms. The molecule has 1 heterocycles. The molecular formula is C4H5N3O2. The first kappa shape index (κ1) is 5.74. The summed E-state index contributed by atoms with van der Waals surface area (Å²) in [5, 5.41) is 2.18. The molecule has 0 aromatic carbocycles. The third-order valence-corrected chi connectivity index (χ3v) is 0.886. The minimum atomic E-state index is -0.517. The average molecular weight is 127 g/mol. The zero-order valence-corrected chi connectivity index (χ0v) is 4.79. The molecule has 0 radical (unpaired) electrons. The third kappa shape index (κ3) is 1.04. The molecule has 1 aromatic heterocycles. The molecule has 0 saturated heterocycles. The van der Waals surface area contributed by atoms with E-state index in [1.807, 2.05) is 0 Å². The molecule has 0 fully saturated rings. The van der Waals surface area contributed by atoms with Crippen LogP contribution in [0.1, 0.15) is 0 Å². The van der Waals surface area contributed by atoms with Crippen molar-refractivity contribution >= 4 is 0 Å². The SMILES string of the molecule is Cn1[nH]c(=O)ncc1=O. The van der Waals surface area contributed by atoms with E-state index in [0.717, 1.165) is 10.9 Å². The lowest BCUT2D eigenvalue weighted by Crippen LogP contribution is -2.27. The molecule has 0 atom stereocenters. The Labute approximate surface area is 50.0 Å². The molecule has 0 bridgehead atoms. The molecular weight excluding hydrogens is 122 g/mol. The van der Waals surface area contributed by atoms with Crippen LogP contribution in [0.25, 0.3) is 0 Å². The van der Waals surface area contributed by atoms with Crippen molar-refractivity contribution < 1.29 is 0 Å². The van der Waals surface area contributed by atoms with Crippen molar-refractivity contribution in [2.75, 3.05) is 0 Å². The van der Waals surface area contributed by atoms with Crippen LogP contribution in [0.5, 0.6) is 0 Å². The molecule has 0 amide bonds. The Morgan fingerprint density at radius 3 is 2.78 bits per heavy atom. The van der Waals surface area contributed by atoms with Gasteiger partial charge in [-0.25, -0.2) is 9.89 Å². The van der Waals surface area contributed by atoms with Crippen molar-refractivity contribution in [1.29, 1.82) is 0 Å². The van der Waals surface area contributed by atoms with Gasteiger partial charge in [-0.3, -0.25) is 9.48 Å². The molecule has 0 aliphatic rings. The third-order valence-electron chi connectivity index (χ3n) is 0.886. The maximum absolute atomic E-state index is 10.5. The van der Waals surface area contributed by atoms with E-state index in [4.69, 9.17) is 0 Å². The number of nitrogens with one attached hydrogen (secondary N) is 1. The van der Waals surface area contributed by atoms with E-state index < -0.39 is 5.69 Å². The zero-order valence-electron chi connectivity index (χ0n) is 4.79. The van der Waals surface area contributed by atoms with Crippen LogP contribution in [-0.4, -0.2) is 14.8 Å². The van der Waals surface area contributed by atoms with E-state index in [-0.39, 0.29) is 5.56 Å². The van der Waals surface area contributed by atoms with E-state index in [1.54, 1.807) is 0 Å². The molecule has 0 spiro atoms.